The monoisotopic (exact) mass is 302 g/mol. The van der Waals surface area contributed by atoms with Gasteiger partial charge in [-0.05, 0) is 18.2 Å². The van der Waals surface area contributed by atoms with Gasteiger partial charge in [0.15, 0.2) is 0 Å². The van der Waals surface area contributed by atoms with E-state index in [1.807, 2.05) is 49.5 Å². The van der Waals surface area contributed by atoms with Crippen LogP contribution in [0.5, 0.6) is 0 Å². The minimum absolute atomic E-state index is 0.557. The molecule has 0 aliphatic carbocycles. The van der Waals surface area contributed by atoms with E-state index in [0.717, 1.165) is 27.8 Å². The van der Waals surface area contributed by atoms with Crippen LogP contribution in [-0.4, -0.2) is 12.0 Å². The molecule has 0 atom stereocenters. The van der Waals surface area contributed by atoms with Crippen LogP contribution in [0.3, 0.4) is 0 Å². The number of halogens is 2. The predicted molar refractivity (Wildman–Crippen MR) is 86.7 cm³/mol. The molecule has 0 amide bonds. The highest BCUT2D eigenvalue weighted by atomic mass is 35.5. The first-order valence-corrected chi connectivity index (χ1v) is 6.97. The maximum atomic E-state index is 6.28. The number of nitrogens with one attached hydrogen (secondary N) is 1. The fourth-order valence-corrected chi connectivity index (χ4v) is 2.75. The second kappa shape index (κ2) is 5.31. The molecule has 3 aromatic rings. The summed E-state index contributed by atoms with van der Waals surface area (Å²) in [5, 5.41) is 5.26. The van der Waals surface area contributed by atoms with Gasteiger partial charge < -0.3 is 5.32 Å². The highest BCUT2D eigenvalue weighted by Crippen LogP contribution is 2.34. The van der Waals surface area contributed by atoms with Crippen molar-refractivity contribution in [3.05, 3.63) is 58.6 Å². The van der Waals surface area contributed by atoms with Gasteiger partial charge in [-0.15, -0.1) is 0 Å². The zero-order chi connectivity index (χ0) is 14.1. The van der Waals surface area contributed by atoms with E-state index in [0.29, 0.717) is 10.0 Å². The van der Waals surface area contributed by atoms with Gasteiger partial charge in [-0.25, -0.2) is 4.98 Å². The number of pyridine rings is 1. The third-order valence-corrected chi connectivity index (χ3v) is 3.68. The number of hydrogen-bond acceptors (Lipinski definition) is 2. The summed E-state index contributed by atoms with van der Waals surface area (Å²) < 4.78 is 0. The maximum Gasteiger partial charge on any atom is 0.0917 e. The zero-order valence-electron chi connectivity index (χ0n) is 10.8. The van der Waals surface area contributed by atoms with E-state index in [-0.39, 0.29) is 0 Å². The lowest BCUT2D eigenvalue weighted by atomic mass is 10.1. The van der Waals surface area contributed by atoms with Crippen molar-refractivity contribution in [2.45, 2.75) is 0 Å². The lowest BCUT2D eigenvalue weighted by molar-refractivity contribution is 1.38. The summed E-state index contributed by atoms with van der Waals surface area (Å²) in [5.41, 5.74) is 3.64. The molecule has 3 rings (SSSR count). The van der Waals surface area contributed by atoms with E-state index in [1.54, 1.807) is 6.07 Å². The van der Waals surface area contributed by atoms with Gasteiger partial charge in [-0.2, -0.15) is 0 Å². The van der Waals surface area contributed by atoms with Gasteiger partial charge in [0, 0.05) is 28.7 Å². The number of nitrogens with zero attached hydrogens (tertiary/aromatic N) is 1. The van der Waals surface area contributed by atoms with Gasteiger partial charge >= 0.3 is 0 Å². The molecular formula is C16H12Cl2N2. The second-order valence-electron chi connectivity index (χ2n) is 4.45. The first-order valence-electron chi connectivity index (χ1n) is 6.22. The third-order valence-electron chi connectivity index (χ3n) is 3.17. The van der Waals surface area contributed by atoms with Crippen molar-refractivity contribution < 1.29 is 0 Å². The smallest absolute Gasteiger partial charge is 0.0917 e. The Bertz CT molecular complexity index is 770. The number of benzene rings is 2. The number of fused-ring (bicyclic) bond motifs is 1. The molecule has 1 N–H and O–H groups in total. The SMILES string of the molecule is CNc1cc(-c2ccccc2)nc2c(Cl)cc(Cl)cc12. The van der Waals surface area contributed by atoms with Crippen LogP contribution in [0.15, 0.2) is 48.5 Å². The molecule has 0 bridgehead atoms. The first kappa shape index (κ1) is 13.2. The molecule has 0 aliphatic rings. The number of aromatic nitrogens is 1. The number of hydrogen-bond donors (Lipinski definition) is 1. The van der Waals surface area contributed by atoms with Crippen LogP contribution in [0.4, 0.5) is 5.69 Å². The largest absolute Gasteiger partial charge is 0.388 e. The summed E-state index contributed by atoms with van der Waals surface area (Å²) in [7, 11) is 1.87. The van der Waals surface area contributed by atoms with Crippen LogP contribution in [-0.2, 0) is 0 Å². The first-order chi connectivity index (χ1) is 9.69. The molecule has 0 radical (unpaired) electrons. The molecule has 0 unspecified atom stereocenters. The highest BCUT2D eigenvalue weighted by Gasteiger charge is 2.10. The lowest BCUT2D eigenvalue weighted by Gasteiger charge is -2.11. The quantitative estimate of drug-likeness (QED) is 0.699. The topological polar surface area (TPSA) is 24.9 Å². The van der Waals surface area contributed by atoms with E-state index in [1.165, 1.54) is 0 Å². The summed E-state index contributed by atoms with van der Waals surface area (Å²) >= 11 is 12.3. The molecule has 0 saturated carbocycles. The Hall–Kier alpha value is -1.77. The van der Waals surface area contributed by atoms with E-state index >= 15 is 0 Å². The van der Waals surface area contributed by atoms with Crippen LogP contribution in [0.1, 0.15) is 0 Å². The molecule has 100 valence electrons. The molecule has 0 spiro atoms. The van der Waals surface area contributed by atoms with Crippen molar-refractivity contribution in [3.63, 3.8) is 0 Å². The van der Waals surface area contributed by atoms with Gasteiger partial charge in [0.1, 0.15) is 0 Å². The van der Waals surface area contributed by atoms with Gasteiger partial charge in [-0.1, -0.05) is 53.5 Å². The molecule has 4 heteroatoms. The standard InChI is InChI=1S/C16H12Cl2N2/c1-19-15-9-14(10-5-3-2-4-6-10)20-16-12(15)7-11(17)8-13(16)18/h2-9H,1H3,(H,19,20). The van der Waals surface area contributed by atoms with E-state index in [4.69, 9.17) is 23.2 Å². The Kier molecular flexibility index (Phi) is 3.51. The minimum atomic E-state index is 0.557. The Morgan fingerprint density at radius 2 is 1.75 bits per heavy atom. The minimum Gasteiger partial charge on any atom is -0.388 e. The molecule has 1 aromatic heterocycles. The van der Waals surface area contributed by atoms with Crippen LogP contribution in [0.2, 0.25) is 10.0 Å². The summed E-state index contributed by atoms with van der Waals surface area (Å²) in [6.45, 7) is 0. The van der Waals surface area contributed by atoms with Crippen molar-refractivity contribution in [2.24, 2.45) is 0 Å². The number of rotatable bonds is 2. The van der Waals surface area contributed by atoms with Crippen LogP contribution < -0.4 is 5.32 Å². The van der Waals surface area contributed by atoms with Crippen molar-refractivity contribution in [3.8, 4) is 11.3 Å². The second-order valence-corrected chi connectivity index (χ2v) is 5.30. The predicted octanol–water partition coefficient (Wildman–Crippen LogP) is 5.25. The van der Waals surface area contributed by atoms with Crippen LogP contribution in [0, 0.1) is 0 Å². The average Bonchev–Trinajstić information content (AvgIpc) is 2.47. The summed E-state index contributed by atoms with van der Waals surface area (Å²) in [6, 6.07) is 15.6. The highest BCUT2D eigenvalue weighted by molar-refractivity contribution is 6.38. The van der Waals surface area contributed by atoms with Crippen molar-refractivity contribution >= 4 is 39.8 Å². The van der Waals surface area contributed by atoms with Gasteiger partial charge in [0.05, 0.1) is 16.2 Å². The van der Waals surface area contributed by atoms with Gasteiger partial charge in [0.25, 0.3) is 0 Å². The molecule has 0 aliphatic heterocycles. The van der Waals surface area contributed by atoms with Crippen LogP contribution in [0.25, 0.3) is 22.2 Å². The van der Waals surface area contributed by atoms with E-state index < -0.39 is 0 Å². The normalized spacial score (nSPS) is 10.8. The fourth-order valence-electron chi connectivity index (χ4n) is 2.22. The summed E-state index contributed by atoms with van der Waals surface area (Å²) in [5.74, 6) is 0. The molecule has 2 aromatic carbocycles. The van der Waals surface area contributed by atoms with Crippen molar-refractivity contribution in [1.29, 1.82) is 0 Å². The molecule has 20 heavy (non-hydrogen) atoms. The molecule has 0 fully saturated rings. The fraction of sp³-hybridized carbons (Fsp3) is 0.0625. The third kappa shape index (κ3) is 2.33. The molecule has 0 saturated heterocycles. The Morgan fingerprint density at radius 1 is 1.00 bits per heavy atom. The summed E-state index contributed by atoms with van der Waals surface area (Å²) in [4.78, 5) is 4.66. The van der Waals surface area contributed by atoms with E-state index in [9.17, 15) is 0 Å². The Labute approximate surface area is 127 Å². The molecule has 2 nitrogen and oxygen atoms in total. The average molecular weight is 303 g/mol. The Morgan fingerprint density at radius 3 is 2.45 bits per heavy atom. The van der Waals surface area contributed by atoms with Gasteiger partial charge in [-0.3, -0.25) is 0 Å². The summed E-state index contributed by atoms with van der Waals surface area (Å²) in [6.07, 6.45) is 0. The molecular weight excluding hydrogens is 291 g/mol. The maximum absolute atomic E-state index is 6.28. The van der Waals surface area contributed by atoms with Crippen LogP contribution >= 0.6 is 23.2 Å². The molecule has 1 heterocycles. The van der Waals surface area contributed by atoms with Crippen molar-refractivity contribution in [1.82, 2.24) is 4.98 Å². The van der Waals surface area contributed by atoms with E-state index in [2.05, 4.69) is 10.3 Å². The lowest BCUT2D eigenvalue weighted by Crippen LogP contribution is -1.94. The van der Waals surface area contributed by atoms with Gasteiger partial charge in [0.2, 0.25) is 0 Å². The van der Waals surface area contributed by atoms with Crippen molar-refractivity contribution in [2.75, 3.05) is 12.4 Å². The zero-order valence-corrected chi connectivity index (χ0v) is 12.3. The Balaban J connectivity index is 2.32. The number of anilines is 1.